The van der Waals surface area contributed by atoms with Crippen LogP contribution in [0.15, 0.2) is 54.6 Å². The van der Waals surface area contributed by atoms with Gasteiger partial charge in [-0.15, -0.1) is 0 Å². The fourth-order valence-electron chi connectivity index (χ4n) is 3.03. The van der Waals surface area contributed by atoms with Crippen LogP contribution < -0.4 is 5.32 Å². The molecule has 1 N–H and O–H groups in total. The molecule has 1 aliphatic rings. The van der Waals surface area contributed by atoms with Crippen molar-refractivity contribution >= 4 is 11.7 Å². The van der Waals surface area contributed by atoms with Crippen LogP contribution in [0.1, 0.15) is 33.8 Å². The lowest BCUT2D eigenvalue weighted by atomic mass is 9.92. The van der Waals surface area contributed by atoms with Gasteiger partial charge < -0.3 is 10.1 Å². The molecule has 5 heteroatoms. The molecule has 1 saturated heterocycles. The van der Waals surface area contributed by atoms with E-state index >= 15 is 0 Å². The third kappa shape index (κ3) is 4.16. The maximum atomic E-state index is 12.7. The summed E-state index contributed by atoms with van der Waals surface area (Å²) in [7, 11) is 0. The molecule has 2 aromatic carbocycles. The lowest BCUT2D eigenvalue weighted by Crippen LogP contribution is -2.34. The van der Waals surface area contributed by atoms with Gasteiger partial charge in [0.2, 0.25) is 5.91 Å². The minimum Gasteiger partial charge on any atom is -0.381 e. The molecule has 5 nitrogen and oxygen atoms in total. The van der Waals surface area contributed by atoms with Crippen LogP contribution in [0.25, 0.3) is 0 Å². The Balaban J connectivity index is 1.69. The molecule has 0 aromatic heterocycles. The highest BCUT2D eigenvalue weighted by Gasteiger charge is 2.28. The zero-order valence-electron chi connectivity index (χ0n) is 14.4. The number of Topliss-reactive ketones (excluding diaryl/α,β-unsaturated/α-hetero) is 1. The van der Waals surface area contributed by atoms with Crippen LogP contribution in [-0.2, 0) is 16.1 Å². The Morgan fingerprint density at radius 3 is 2.69 bits per heavy atom. The lowest BCUT2D eigenvalue weighted by molar-refractivity contribution is -0.122. The van der Waals surface area contributed by atoms with Crippen LogP contribution >= 0.6 is 0 Å². The van der Waals surface area contributed by atoms with E-state index in [0.717, 1.165) is 17.5 Å². The van der Waals surface area contributed by atoms with Gasteiger partial charge in [0.25, 0.3) is 0 Å². The highest BCUT2D eigenvalue weighted by atomic mass is 16.5. The number of ether oxygens (including phenoxy) is 1. The summed E-state index contributed by atoms with van der Waals surface area (Å²) in [5.74, 6) is -2.14. The Morgan fingerprint density at radius 2 is 2.00 bits per heavy atom. The van der Waals surface area contributed by atoms with Gasteiger partial charge >= 0.3 is 0 Å². The van der Waals surface area contributed by atoms with Gasteiger partial charge in [0.1, 0.15) is 0 Å². The van der Waals surface area contributed by atoms with Crippen LogP contribution in [0, 0.1) is 17.2 Å². The molecule has 0 saturated carbocycles. The van der Waals surface area contributed by atoms with Crippen molar-refractivity contribution < 1.29 is 14.3 Å². The van der Waals surface area contributed by atoms with Crippen molar-refractivity contribution in [3.8, 4) is 6.07 Å². The van der Waals surface area contributed by atoms with Crippen LogP contribution in [0.4, 0.5) is 0 Å². The second-order valence-electron chi connectivity index (χ2n) is 6.32. The van der Waals surface area contributed by atoms with Crippen molar-refractivity contribution in [1.82, 2.24) is 5.32 Å². The first-order valence-electron chi connectivity index (χ1n) is 8.62. The third-order valence-corrected chi connectivity index (χ3v) is 4.54. The minimum atomic E-state index is -1.35. The van der Waals surface area contributed by atoms with Gasteiger partial charge in [-0.2, -0.15) is 5.26 Å². The average molecular weight is 348 g/mol. The second-order valence-corrected chi connectivity index (χ2v) is 6.32. The van der Waals surface area contributed by atoms with E-state index < -0.39 is 17.6 Å². The molecule has 0 radical (unpaired) electrons. The topological polar surface area (TPSA) is 79.2 Å². The predicted octanol–water partition coefficient (Wildman–Crippen LogP) is 2.83. The third-order valence-electron chi connectivity index (χ3n) is 4.54. The van der Waals surface area contributed by atoms with Crippen molar-refractivity contribution in [1.29, 1.82) is 5.26 Å². The zero-order valence-corrected chi connectivity index (χ0v) is 14.4. The molecule has 1 fully saturated rings. The van der Waals surface area contributed by atoms with Crippen molar-refractivity contribution in [3.05, 3.63) is 71.3 Å². The van der Waals surface area contributed by atoms with Gasteiger partial charge in [0.15, 0.2) is 11.7 Å². The molecule has 0 unspecified atom stereocenters. The Morgan fingerprint density at radius 1 is 1.19 bits per heavy atom. The number of carbonyl (C=O) groups excluding carboxylic acids is 2. The first-order chi connectivity index (χ1) is 12.7. The second kappa shape index (κ2) is 8.41. The van der Waals surface area contributed by atoms with E-state index in [4.69, 9.17) is 4.74 Å². The number of ketones is 1. The number of rotatable bonds is 6. The molecular weight excluding hydrogens is 328 g/mol. The average Bonchev–Trinajstić information content (AvgIpc) is 3.22. The standard InChI is InChI=1S/C21H20N2O3/c22-12-19(21(25)23-13-15-5-2-1-3-6-15)20(24)17-8-4-7-16(11-17)18-9-10-26-14-18/h1-8,11,18-19H,9-10,13-14H2,(H,23,25)/t18-,19+/m1/s1. The molecule has 132 valence electrons. The molecule has 1 aliphatic heterocycles. The number of nitrogens with zero attached hydrogens (tertiary/aromatic N) is 1. The first kappa shape index (κ1) is 17.8. The van der Waals surface area contributed by atoms with Gasteiger partial charge in [-0.25, -0.2) is 0 Å². The molecule has 2 aromatic rings. The minimum absolute atomic E-state index is 0.259. The summed E-state index contributed by atoms with van der Waals surface area (Å²) < 4.78 is 5.39. The normalized spacial score (nSPS) is 17.3. The monoisotopic (exact) mass is 348 g/mol. The number of hydrogen-bond acceptors (Lipinski definition) is 4. The van der Waals surface area contributed by atoms with Gasteiger partial charge in [0, 0.05) is 24.6 Å². The number of carbonyl (C=O) groups is 2. The first-order valence-corrected chi connectivity index (χ1v) is 8.62. The summed E-state index contributed by atoms with van der Waals surface area (Å²) in [5.41, 5.74) is 2.30. The number of amides is 1. The summed E-state index contributed by atoms with van der Waals surface area (Å²) in [6, 6.07) is 18.4. The molecule has 0 bridgehead atoms. The smallest absolute Gasteiger partial charge is 0.245 e. The van der Waals surface area contributed by atoms with Crippen molar-refractivity contribution in [2.24, 2.45) is 5.92 Å². The number of nitriles is 1. The fraction of sp³-hybridized carbons (Fsp3) is 0.286. The molecule has 3 rings (SSSR count). The van der Waals surface area contributed by atoms with Gasteiger partial charge in [-0.05, 0) is 23.6 Å². The Labute approximate surface area is 152 Å². The maximum absolute atomic E-state index is 12.7. The van der Waals surface area contributed by atoms with E-state index in [1.54, 1.807) is 18.2 Å². The Bertz CT molecular complexity index is 821. The fourth-order valence-corrected chi connectivity index (χ4v) is 3.03. The number of nitrogens with one attached hydrogen (secondary N) is 1. The summed E-state index contributed by atoms with van der Waals surface area (Å²) in [6.07, 6.45) is 0.914. The summed E-state index contributed by atoms with van der Waals surface area (Å²) in [4.78, 5) is 25.0. The predicted molar refractivity (Wildman–Crippen MR) is 96.3 cm³/mol. The SMILES string of the molecule is N#C[C@H](C(=O)NCc1ccccc1)C(=O)c1cccc([C@@H]2CCOC2)c1. The van der Waals surface area contributed by atoms with Crippen molar-refractivity contribution in [2.45, 2.75) is 18.9 Å². The molecular formula is C21H20N2O3. The number of hydrogen-bond donors (Lipinski definition) is 1. The molecule has 2 atom stereocenters. The summed E-state index contributed by atoms with van der Waals surface area (Å²) >= 11 is 0. The molecule has 1 amide bonds. The highest BCUT2D eigenvalue weighted by molar-refractivity contribution is 6.12. The van der Waals surface area contributed by atoms with E-state index in [0.29, 0.717) is 18.8 Å². The van der Waals surface area contributed by atoms with Gasteiger partial charge in [-0.1, -0.05) is 48.5 Å². The highest BCUT2D eigenvalue weighted by Crippen LogP contribution is 2.26. The van der Waals surface area contributed by atoms with E-state index in [1.165, 1.54) is 0 Å². The molecule has 1 heterocycles. The van der Waals surface area contributed by atoms with Crippen LogP contribution in [0.2, 0.25) is 0 Å². The quantitative estimate of drug-likeness (QED) is 0.643. The van der Waals surface area contributed by atoms with Crippen molar-refractivity contribution in [2.75, 3.05) is 13.2 Å². The van der Waals surface area contributed by atoms with E-state index in [-0.39, 0.29) is 12.5 Å². The summed E-state index contributed by atoms with van der Waals surface area (Å²) in [5, 5.41) is 12.0. The summed E-state index contributed by atoms with van der Waals surface area (Å²) in [6.45, 7) is 1.63. The van der Waals surface area contributed by atoms with E-state index in [1.807, 2.05) is 42.5 Å². The van der Waals surface area contributed by atoms with Crippen LogP contribution in [0.5, 0.6) is 0 Å². The molecule has 0 aliphatic carbocycles. The number of benzene rings is 2. The van der Waals surface area contributed by atoms with Gasteiger partial charge in [-0.3, -0.25) is 9.59 Å². The largest absolute Gasteiger partial charge is 0.381 e. The zero-order chi connectivity index (χ0) is 18.4. The van der Waals surface area contributed by atoms with E-state index in [2.05, 4.69) is 5.32 Å². The van der Waals surface area contributed by atoms with Gasteiger partial charge in [0.05, 0.1) is 12.7 Å². The Kier molecular flexibility index (Phi) is 5.77. The molecule has 0 spiro atoms. The lowest BCUT2D eigenvalue weighted by Gasteiger charge is -2.12. The Hall–Kier alpha value is -2.97. The maximum Gasteiger partial charge on any atom is 0.245 e. The van der Waals surface area contributed by atoms with Crippen LogP contribution in [-0.4, -0.2) is 24.9 Å². The van der Waals surface area contributed by atoms with Crippen molar-refractivity contribution in [3.63, 3.8) is 0 Å². The molecule has 26 heavy (non-hydrogen) atoms. The van der Waals surface area contributed by atoms with Crippen LogP contribution in [0.3, 0.4) is 0 Å². The van der Waals surface area contributed by atoms with E-state index in [9.17, 15) is 14.9 Å².